The van der Waals surface area contributed by atoms with Gasteiger partial charge in [0, 0.05) is 68.2 Å². The van der Waals surface area contributed by atoms with Gasteiger partial charge >= 0.3 is 6.18 Å². The maximum atomic E-state index is 14.6. The number of halogens is 6. The highest BCUT2D eigenvalue weighted by molar-refractivity contribution is 7.81. The van der Waals surface area contributed by atoms with Gasteiger partial charge in [-0.3, -0.25) is 39.2 Å². The second-order valence-electron chi connectivity index (χ2n) is 15.0. The number of ether oxygens (including phenoxy) is 1. The number of nitrogens with one attached hydrogen (secondary N) is 3. The number of piperazine rings is 1. The third-order valence-corrected chi connectivity index (χ3v) is 11.0. The number of imide groups is 1. The van der Waals surface area contributed by atoms with Gasteiger partial charge in [0.2, 0.25) is 24.1 Å². The molecular formula is C40H42F6N8O5S. The summed E-state index contributed by atoms with van der Waals surface area (Å²) in [6.07, 6.45) is -7.85. The van der Waals surface area contributed by atoms with Crippen molar-refractivity contribution >= 4 is 59.0 Å². The summed E-state index contributed by atoms with van der Waals surface area (Å²) in [6, 6.07) is 12.2. The van der Waals surface area contributed by atoms with E-state index in [0.29, 0.717) is 50.2 Å². The highest BCUT2D eigenvalue weighted by Crippen LogP contribution is 2.43. The average Bonchev–Trinajstić information content (AvgIpc) is 3.36. The number of alkyl halides is 5. The lowest BCUT2D eigenvalue weighted by molar-refractivity contribution is -0.138. The molecule has 3 aromatic carbocycles. The first-order valence-electron chi connectivity index (χ1n) is 19.0. The summed E-state index contributed by atoms with van der Waals surface area (Å²) in [5, 5.41) is 17.0. The average molecular weight is 861 g/mol. The SMILES string of the molecule is CC1(C)C(=O)N(c2ccc(C#N)c(C(F)(F)F)c2)C(S)N1c1ccc(OCCN2CCN(CC(=O)Nc3cc(NC4CCC(=O)NC4=O)ccc3F)CC2)c(CC(F)F)c1. The molecule has 6 rings (SSSR count). The largest absolute Gasteiger partial charge is 0.492 e. The monoisotopic (exact) mass is 860 g/mol. The fourth-order valence-electron chi connectivity index (χ4n) is 7.40. The van der Waals surface area contributed by atoms with E-state index in [1.54, 1.807) is 19.9 Å². The van der Waals surface area contributed by atoms with Gasteiger partial charge in [-0.15, -0.1) is 12.6 Å². The molecule has 0 aromatic heterocycles. The maximum Gasteiger partial charge on any atom is 0.417 e. The van der Waals surface area contributed by atoms with Crippen molar-refractivity contribution in [1.82, 2.24) is 15.1 Å². The molecule has 2 unspecified atom stereocenters. The van der Waals surface area contributed by atoms with Crippen LogP contribution in [0.3, 0.4) is 0 Å². The summed E-state index contributed by atoms with van der Waals surface area (Å²) in [6.45, 7) is 5.76. The van der Waals surface area contributed by atoms with Gasteiger partial charge in [0.25, 0.3) is 5.91 Å². The molecule has 3 heterocycles. The number of anilines is 4. The van der Waals surface area contributed by atoms with Gasteiger partial charge in [0.1, 0.15) is 29.8 Å². The normalized spacial score (nSPS) is 20.0. The predicted molar refractivity (Wildman–Crippen MR) is 212 cm³/mol. The van der Waals surface area contributed by atoms with Crippen LogP contribution in [0, 0.1) is 17.1 Å². The van der Waals surface area contributed by atoms with Gasteiger partial charge in [-0.05, 0) is 74.9 Å². The Morgan fingerprint density at radius 2 is 1.72 bits per heavy atom. The van der Waals surface area contributed by atoms with E-state index < -0.39 is 70.8 Å². The van der Waals surface area contributed by atoms with E-state index in [-0.39, 0.29) is 54.6 Å². The third-order valence-electron chi connectivity index (χ3n) is 10.5. The summed E-state index contributed by atoms with van der Waals surface area (Å²) in [7, 11) is 0. The highest BCUT2D eigenvalue weighted by atomic mass is 32.1. The van der Waals surface area contributed by atoms with E-state index in [1.165, 1.54) is 41.3 Å². The Labute approximate surface area is 347 Å². The van der Waals surface area contributed by atoms with Gasteiger partial charge in [-0.25, -0.2) is 13.2 Å². The minimum absolute atomic E-state index is 0.00962. The molecule has 20 heteroatoms. The van der Waals surface area contributed by atoms with Crippen molar-refractivity contribution < 1.29 is 50.3 Å². The number of thiol groups is 1. The molecule has 13 nitrogen and oxygen atoms in total. The molecule has 0 saturated carbocycles. The van der Waals surface area contributed by atoms with Gasteiger partial charge in [-0.2, -0.15) is 18.4 Å². The fourth-order valence-corrected chi connectivity index (χ4v) is 8.06. The number of nitriles is 1. The number of hydrogen-bond donors (Lipinski definition) is 4. The van der Waals surface area contributed by atoms with Crippen LogP contribution in [0.25, 0.3) is 0 Å². The highest BCUT2D eigenvalue weighted by Gasteiger charge is 2.52. The first-order valence-corrected chi connectivity index (χ1v) is 19.5. The molecule has 60 heavy (non-hydrogen) atoms. The van der Waals surface area contributed by atoms with Crippen LogP contribution in [0.4, 0.5) is 49.1 Å². The van der Waals surface area contributed by atoms with Crippen molar-refractivity contribution in [2.24, 2.45) is 0 Å². The Morgan fingerprint density at radius 1 is 1.02 bits per heavy atom. The number of amides is 4. The molecule has 0 spiro atoms. The summed E-state index contributed by atoms with van der Waals surface area (Å²) < 4.78 is 89.6. The van der Waals surface area contributed by atoms with Crippen LogP contribution in [0.1, 0.15) is 43.4 Å². The first-order chi connectivity index (χ1) is 28.3. The fraction of sp³-hybridized carbons (Fsp3) is 0.425. The Morgan fingerprint density at radius 3 is 2.38 bits per heavy atom. The smallest absolute Gasteiger partial charge is 0.417 e. The molecule has 3 fully saturated rings. The predicted octanol–water partition coefficient (Wildman–Crippen LogP) is 5.22. The second-order valence-corrected chi connectivity index (χ2v) is 15.5. The lowest BCUT2D eigenvalue weighted by Gasteiger charge is -2.34. The number of nitrogens with zero attached hydrogens (tertiary/aromatic N) is 5. The lowest BCUT2D eigenvalue weighted by Crippen LogP contribution is -2.49. The van der Waals surface area contributed by atoms with E-state index in [2.05, 4.69) is 33.5 Å². The summed E-state index contributed by atoms with van der Waals surface area (Å²) in [4.78, 5) is 56.6. The lowest BCUT2D eigenvalue weighted by atomic mass is 10.0. The van der Waals surface area contributed by atoms with Crippen LogP contribution in [0.2, 0.25) is 0 Å². The maximum absolute atomic E-state index is 14.6. The Balaban J connectivity index is 1.03. The molecule has 3 aromatic rings. The van der Waals surface area contributed by atoms with Gasteiger partial charge in [0.15, 0.2) is 5.50 Å². The minimum atomic E-state index is -4.86. The van der Waals surface area contributed by atoms with Crippen molar-refractivity contribution in [2.45, 2.75) is 62.8 Å². The van der Waals surface area contributed by atoms with E-state index in [9.17, 15) is 50.8 Å². The zero-order valence-corrected chi connectivity index (χ0v) is 33.4. The third kappa shape index (κ3) is 9.91. The van der Waals surface area contributed by atoms with Crippen LogP contribution in [-0.2, 0) is 31.8 Å². The first kappa shape index (κ1) is 44.0. The van der Waals surface area contributed by atoms with E-state index in [4.69, 9.17) is 4.74 Å². The topological polar surface area (TPSA) is 150 Å². The van der Waals surface area contributed by atoms with Gasteiger partial charge < -0.3 is 20.3 Å². The summed E-state index contributed by atoms with van der Waals surface area (Å²) in [5.41, 5.74) is -3.69. The van der Waals surface area contributed by atoms with Crippen molar-refractivity contribution in [1.29, 1.82) is 5.26 Å². The van der Waals surface area contributed by atoms with Gasteiger partial charge in [0.05, 0.1) is 29.4 Å². The quantitative estimate of drug-likeness (QED) is 0.102. The molecule has 3 aliphatic heterocycles. The molecule has 0 aliphatic carbocycles. The molecule has 0 bridgehead atoms. The Kier molecular flexibility index (Phi) is 13.2. The molecule has 4 amide bonds. The molecule has 2 atom stereocenters. The number of carbonyl (C=O) groups is 4. The molecule has 0 radical (unpaired) electrons. The van der Waals surface area contributed by atoms with Crippen LogP contribution in [-0.4, -0.2) is 103 Å². The molecule has 320 valence electrons. The van der Waals surface area contributed by atoms with Crippen molar-refractivity contribution in [2.75, 3.05) is 66.3 Å². The van der Waals surface area contributed by atoms with Crippen LogP contribution >= 0.6 is 12.6 Å². The number of benzene rings is 3. The molecule has 3 aliphatic rings. The van der Waals surface area contributed by atoms with E-state index in [1.807, 2.05) is 4.90 Å². The van der Waals surface area contributed by atoms with E-state index in [0.717, 1.165) is 17.0 Å². The summed E-state index contributed by atoms with van der Waals surface area (Å²) in [5.74, 6) is -2.36. The number of piperidine rings is 1. The second kappa shape index (κ2) is 18.0. The number of rotatable bonds is 13. The Hall–Kier alpha value is -5.52. The molecule has 3 saturated heterocycles. The van der Waals surface area contributed by atoms with Crippen LogP contribution in [0.5, 0.6) is 5.75 Å². The number of hydrogen-bond acceptors (Lipinski definition) is 11. The van der Waals surface area contributed by atoms with E-state index >= 15 is 0 Å². The van der Waals surface area contributed by atoms with Crippen LogP contribution < -0.4 is 30.5 Å². The van der Waals surface area contributed by atoms with Gasteiger partial charge in [-0.1, -0.05) is 0 Å². The van der Waals surface area contributed by atoms with Crippen molar-refractivity contribution in [3.05, 3.63) is 77.1 Å². The minimum Gasteiger partial charge on any atom is -0.492 e. The molecular weight excluding hydrogens is 819 g/mol. The standard InChI is InChI=1S/C40H42F6N8O5S/c1-39(2)37(58)53(26-5-3-23(21-47)28(20-26)40(44,45)46)38(60)54(39)27-6-9-32(24(17-27)18-33(42)43)59-16-15-51-11-13-52(14-12-51)22-35(56)49-31-19-25(4-7-29(31)41)48-30-8-10-34(55)50-36(30)57/h3-7,9,17,19-20,30,33,38,48,60H,8,10-16,18,22H2,1-2H3,(H,49,56)(H,50,55,57). The zero-order valence-electron chi connectivity index (χ0n) is 32.5. The zero-order chi connectivity index (χ0) is 43.5. The van der Waals surface area contributed by atoms with Crippen molar-refractivity contribution in [3.8, 4) is 11.8 Å². The van der Waals surface area contributed by atoms with Crippen LogP contribution in [0.15, 0.2) is 54.6 Å². The van der Waals surface area contributed by atoms with Crippen molar-refractivity contribution in [3.63, 3.8) is 0 Å². The molecule has 3 N–H and O–H groups in total. The number of carbonyl (C=O) groups excluding carboxylic acids is 4. The summed E-state index contributed by atoms with van der Waals surface area (Å²) >= 11 is 4.60. The Bertz CT molecular complexity index is 2180.